The molecule has 0 N–H and O–H groups in total. The first-order valence-corrected chi connectivity index (χ1v) is 17.4. The van der Waals surface area contributed by atoms with Crippen LogP contribution in [-0.2, 0) is 15.7 Å². The van der Waals surface area contributed by atoms with Gasteiger partial charge in [0.15, 0.2) is 0 Å². The molecular formula is C26H32O4Sn. The molecule has 5 heteroatoms. The molecule has 0 saturated heterocycles. The fourth-order valence-electron chi connectivity index (χ4n) is 3.13. The average molecular weight is 527 g/mol. The Morgan fingerprint density at radius 1 is 0.710 bits per heavy atom. The van der Waals surface area contributed by atoms with Gasteiger partial charge in [-0.15, -0.1) is 0 Å². The summed E-state index contributed by atoms with van der Waals surface area (Å²) in [5, 5.41) is 0. The van der Waals surface area contributed by atoms with E-state index >= 15 is 0 Å². The van der Waals surface area contributed by atoms with Gasteiger partial charge in [0.1, 0.15) is 0 Å². The molecule has 0 saturated carbocycles. The summed E-state index contributed by atoms with van der Waals surface area (Å²) in [7, 11) is 0. The Bertz CT molecular complexity index is 786. The number of hydrogen-bond acceptors (Lipinski definition) is 4. The fraction of sp³-hybridized carbons (Fsp3) is 0.308. The molecule has 2 rings (SSSR count). The Balaban J connectivity index is 2.15. The third-order valence-electron chi connectivity index (χ3n) is 4.82. The van der Waals surface area contributed by atoms with Crippen LogP contribution in [0.15, 0.2) is 72.8 Å². The van der Waals surface area contributed by atoms with Crippen molar-refractivity contribution in [1.29, 1.82) is 0 Å². The summed E-state index contributed by atoms with van der Waals surface area (Å²) in [6.45, 7) is 4.18. The molecule has 0 heterocycles. The van der Waals surface area contributed by atoms with Crippen molar-refractivity contribution in [2.24, 2.45) is 0 Å². The fourth-order valence-corrected chi connectivity index (χ4v) is 12.7. The van der Waals surface area contributed by atoms with E-state index in [1.54, 1.807) is 12.2 Å². The number of carbonyl (C=O) groups excluding carboxylic acids is 2. The maximum atomic E-state index is 12.7. The molecule has 0 spiro atoms. The second-order valence-electron chi connectivity index (χ2n) is 7.45. The van der Waals surface area contributed by atoms with Crippen LogP contribution in [0, 0.1) is 0 Å². The van der Waals surface area contributed by atoms with Crippen LogP contribution in [-0.4, -0.2) is 31.1 Å². The summed E-state index contributed by atoms with van der Waals surface area (Å²) in [5.74, 6) is -0.849. The molecule has 0 aromatic heterocycles. The van der Waals surface area contributed by atoms with E-state index in [0.717, 1.165) is 36.8 Å². The number of rotatable bonds is 12. The zero-order valence-corrected chi connectivity index (χ0v) is 21.3. The topological polar surface area (TPSA) is 52.6 Å². The first kappa shape index (κ1) is 24.9. The first-order valence-electron chi connectivity index (χ1n) is 11.0. The van der Waals surface area contributed by atoms with E-state index in [9.17, 15) is 9.59 Å². The Labute approximate surface area is 190 Å². The Morgan fingerprint density at radius 3 is 1.45 bits per heavy atom. The number of unbranched alkanes of at least 4 members (excludes halogenated alkanes) is 2. The number of carbonyl (C=O) groups is 2. The van der Waals surface area contributed by atoms with Gasteiger partial charge >= 0.3 is 191 Å². The van der Waals surface area contributed by atoms with Crippen molar-refractivity contribution >= 4 is 43.3 Å². The monoisotopic (exact) mass is 528 g/mol. The predicted molar refractivity (Wildman–Crippen MR) is 128 cm³/mol. The summed E-state index contributed by atoms with van der Waals surface area (Å²) in [6, 6.07) is 19.2. The minimum absolute atomic E-state index is 0.424. The minimum atomic E-state index is -3.95. The van der Waals surface area contributed by atoms with Crippen LogP contribution in [0.2, 0.25) is 8.87 Å². The summed E-state index contributed by atoms with van der Waals surface area (Å²) < 4.78 is 13.4. The predicted octanol–water partition coefficient (Wildman–Crippen LogP) is 6.54. The maximum absolute atomic E-state index is 12.7. The van der Waals surface area contributed by atoms with Crippen molar-refractivity contribution in [1.82, 2.24) is 0 Å². The molecule has 31 heavy (non-hydrogen) atoms. The van der Waals surface area contributed by atoms with E-state index in [-0.39, 0.29) is 0 Å². The zero-order valence-electron chi connectivity index (χ0n) is 18.5. The molecular weight excluding hydrogens is 495 g/mol. The molecule has 0 aliphatic heterocycles. The van der Waals surface area contributed by atoms with Gasteiger partial charge in [0.2, 0.25) is 0 Å². The Morgan fingerprint density at radius 2 is 1.10 bits per heavy atom. The van der Waals surface area contributed by atoms with Gasteiger partial charge in [-0.2, -0.15) is 0 Å². The average Bonchev–Trinajstić information content (AvgIpc) is 2.80. The Kier molecular flexibility index (Phi) is 11.1. The van der Waals surface area contributed by atoms with Gasteiger partial charge in [0, 0.05) is 0 Å². The molecule has 0 radical (unpaired) electrons. The van der Waals surface area contributed by atoms with E-state index in [2.05, 4.69) is 13.8 Å². The SMILES string of the molecule is CCC[CH2][Sn]([CH2]CCC)([O]C(=O)/C=C\c1ccccc1)[O]C(=O)/C=C/c1ccccc1. The van der Waals surface area contributed by atoms with Crippen molar-refractivity contribution in [2.75, 3.05) is 0 Å². The van der Waals surface area contributed by atoms with Crippen LogP contribution in [0.3, 0.4) is 0 Å². The van der Waals surface area contributed by atoms with Crippen LogP contribution in [0.4, 0.5) is 0 Å². The van der Waals surface area contributed by atoms with Gasteiger partial charge in [0.25, 0.3) is 0 Å². The second kappa shape index (κ2) is 13.9. The summed E-state index contributed by atoms with van der Waals surface area (Å²) in [4.78, 5) is 25.3. The van der Waals surface area contributed by atoms with Crippen molar-refractivity contribution in [2.45, 2.75) is 48.4 Å². The van der Waals surface area contributed by atoms with Crippen LogP contribution >= 0.6 is 0 Å². The van der Waals surface area contributed by atoms with E-state index in [0.29, 0.717) is 8.87 Å². The van der Waals surface area contributed by atoms with Crippen molar-refractivity contribution in [3.05, 3.63) is 83.9 Å². The van der Waals surface area contributed by atoms with Crippen LogP contribution in [0.1, 0.15) is 50.7 Å². The third kappa shape index (κ3) is 9.55. The molecule has 164 valence electrons. The molecule has 0 atom stereocenters. The standard InChI is InChI=1S/2C9H8O2.2C4H9.Sn/c2*10-9(11)7-6-8-4-2-1-3-5-8;2*1-3-4-2;/h2*1-7H,(H,10,11);2*1,3-4H2,2H3;/q;;;;+2/p-2/b7-6+;7-6-;;;. The van der Waals surface area contributed by atoms with E-state index in [4.69, 9.17) is 6.15 Å². The molecule has 4 nitrogen and oxygen atoms in total. The molecule has 0 fully saturated rings. The summed E-state index contributed by atoms with van der Waals surface area (Å²) in [5.41, 5.74) is 1.84. The first-order chi connectivity index (χ1) is 15.1. The third-order valence-corrected chi connectivity index (χ3v) is 14.5. The van der Waals surface area contributed by atoms with Gasteiger partial charge < -0.3 is 0 Å². The molecule has 0 aliphatic rings. The molecule has 0 aliphatic carbocycles. The van der Waals surface area contributed by atoms with Gasteiger partial charge in [-0.25, -0.2) is 0 Å². The van der Waals surface area contributed by atoms with Crippen LogP contribution < -0.4 is 0 Å². The normalized spacial score (nSPS) is 11.7. The molecule has 2 aromatic rings. The van der Waals surface area contributed by atoms with Crippen LogP contribution in [0.25, 0.3) is 12.2 Å². The van der Waals surface area contributed by atoms with Gasteiger partial charge in [-0.05, 0) is 0 Å². The van der Waals surface area contributed by atoms with Crippen molar-refractivity contribution < 1.29 is 15.7 Å². The molecule has 0 bridgehead atoms. The van der Waals surface area contributed by atoms with E-state index < -0.39 is 31.1 Å². The quantitative estimate of drug-likeness (QED) is 0.232. The van der Waals surface area contributed by atoms with Gasteiger partial charge in [-0.1, -0.05) is 0 Å². The Hall–Kier alpha value is -2.34. The summed E-state index contributed by atoms with van der Waals surface area (Å²) >= 11 is -3.95. The molecule has 0 unspecified atom stereocenters. The number of hydrogen-bond donors (Lipinski definition) is 0. The van der Waals surface area contributed by atoms with Crippen molar-refractivity contribution in [3.63, 3.8) is 0 Å². The van der Waals surface area contributed by atoms with Gasteiger partial charge in [0.05, 0.1) is 0 Å². The van der Waals surface area contributed by atoms with E-state index in [1.807, 2.05) is 60.7 Å². The van der Waals surface area contributed by atoms with Crippen molar-refractivity contribution in [3.8, 4) is 0 Å². The van der Waals surface area contributed by atoms with Crippen LogP contribution in [0.5, 0.6) is 0 Å². The molecule has 2 aromatic carbocycles. The zero-order chi connectivity index (χ0) is 22.4. The summed E-state index contributed by atoms with van der Waals surface area (Å²) in [6.07, 6.45) is 10.0. The number of benzene rings is 2. The van der Waals surface area contributed by atoms with E-state index in [1.165, 1.54) is 12.2 Å². The second-order valence-corrected chi connectivity index (χ2v) is 16.7. The van der Waals surface area contributed by atoms with Gasteiger partial charge in [-0.3, -0.25) is 0 Å². The molecule has 0 amide bonds.